The summed E-state index contributed by atoms with van der Waals surface area (Å²) >= 11 is 1.65. The van der Waals surface area contributed by atoms with E-state index in [0.717, 1.165) is 25.7 Å². The summed E-state index contributed by atoms with van der Waals surface area (Å²) < 4.78 is 17.2. The van der Waals surface area contributed by atoms with Gasteiger partial charge in [-0.05, 0) is 25.3 Å². The Morgan fingerprint density at radius 1 is 1.50 bits per heavy atom. The number of carbonyl (C=O) groups is 1. The quantitative estimate of drug-likeness (QED) is 0.267. The van der Waals surface area contributed by atoms with Crippen LogP contribution in [0.2, 0.25) is 0 Å². The molecule has 1 aromatic heterocycles. The fourth-order valence-corrected chi connectivity index (χ4v) is 2.75. The average molecular weight is 451 g/mol. The molecule has 24 heavy (non-hydrogen) atoms. The molecule has 0 bridgehead atoms. The number of rotatable bonds is 9. The third kappa shape index (κ3) is 5.71. The molecule has 0 radical (unpaired) electrons. The molecule has 1 aromatic rings. The van der Waals surface area contributed by atoms with Crippen molar-refractivity contribution in [3.05, 3.63) is 22.7 Å². The molecule has 0 spiro atoms. The molecule has 1 saturated heterocycles. The van der Waals surface area contributed by atoms with Crippen LogP contribution in [0.15, 0.2) is 17.1 Å². The van der Waals surface area contributed by atoms with Gasteiger partial charge in [-0.2, -0.15) is 4.98 Å². The molecular weight excluding hydrogens is 429 g/mol. The summed E-state index contributed by atoms with van der Waals surface area (Å²) in [5.41, 5.74) is 2.07. The predicted molar refractivity (Wildman–Crippen MR) is 95.5 cm³/mol. The van der Waals surface area contributed by atoms with Crippen molar-refractivity contribution >= 4 is 34.8 Å². The summed E-state index contributed by atoms with van der Waals surface area (Å²) in [5.74, 6) is 0.143. The van der Waals surface area contributed by atoms with Gasteiger partial charge in [0, 0.05) is 12.6 Å². The molecule has 0 aromatic carbocycles. The molecule has 2 rings (SSSR count). The summed E-state index contributed by atoms with van der Waals surface area (Å²) in [4.78, 5) is 27.5. The van der Waals surface area contributed by atoms with Crippen LogP contribution in [0.1, 0.15) is 51.7 Å². The van der Waals surface area contributed by atoms with E-state index in [1.54, 1.807) is 35.3 Å². The Morgan fingerprint density at radius 2 is 2.33 bits per heavy atom. The van der Waals surface area contributed by atoms with Crippen LogP contribution in [-0.4, -0.2) is 28.2 Å². The zero-order valence-corrected chi connectivity index (χ0v) is 15.7. The number of halogens is 1. The Morgan fingerprint density at radius 3 is 3.04 bits per heavy atom. The predicted octanol–water partition coefficient (Wildman–Crippen LogP) is 2.74. The van der Waals surface area contributed by atoms with E-state index in [1.807, 2.05) is 0 Å². The highest BCUT2D eigenvalue weighted by Gasteiger charge is 2.28. The molecule has 2 unspecified atom stereocenters. The largest absolute Gasteiger partial charge is 0.463 e. The van der Waals surface area contributed by atoms with Crippen LogP contribution >= 0.6 is 23.0 Å². The summed E-state index contributed by atoms with van der Waals surface area (Å²) in [7, 11) is 0. The molecule has 134 valence electrons. The van der Waals surface area contributed by atoms with Gasteiger partial charge in [0.05, 0.1) is 6.10 Å². The van der Waals surface area contributed by atoms with Gasteiger partial charge in [0.1, 0.15) is 35.8 Å². The third-order valence-corrected chi connectivity index (χ3v) is 4.00. The molecule has 2 atom stereocenters. The van der Waals surface area contributed by atoms with Gasteiger partial charge in [0.2, 0.25) is 0 Å². The van der Waals surface area contributed by atoms with Gasteiger partial charge in [-0.1, -0.05) is 19.8 Å². The Kier molecular flexibility index (Phi) is 7.92. The zero-order chi connectivity index (χ0) is 17.4. The smallest absolute Gasteiger partial charge is 0.351 e. The standard InChI is InChI=1S/C15H22IN3O5/c1-2-3-4-5-14(20)22-10-11-6-7-13(23-11)19-9-8-12(18-24-16)17-15(19)21/h8-9,11,13H,2-7,10H2,1H3,(H,17,18,21). The molecule has 1 aliphatic rings. The van der Waals surface area contributed by atoms with Crippen molar-refractivity contribution < 1.29 is 17.4 Å². The van der Waals surface area contributed by atoms with Crippen LogP contribution in [0.5, 0.6) is 0 Å². The van der Waals surface area contributed by atoms with Crippen LogP contribution in [0, 0.1) is 0 Å². The Balaban J connectivity index is 1.80. The highest BCUT2D eigenvalue weighted by molar-refractivity contribution is 14.1. The number of anilines is 1. The minimum Gasteiger partial charge on any atom is -0.463 e. The van der Waals surface area contributed by atoms with Crippen molar-refractivity contribution in [3.63, 3.8) is 0 Å². The number of esters is 1. The molecule has 0 amide bonds. The molecule has 0 aliphatic carbocycles. The monoisotopic (exact) mass is 451 g/mol. The fourth-order valence-electron chi connectivity index (χ4n) is 2.52. The second kappa shape index (κ2) is 9.94. The van der Waals surface area contributed by atoms with Crippen LogP contribution in [0.3, 0.4) is 0 Å². The van der Waals surface area contributed by atoms with Crippen LogP contribution in [-0.2, 0) is 17.4 Å². The summed E-state index contributed by atoms with van der Waals surface area (Å²) in [6.07, 6.45) is 5.84. The number of nitrogens with one attached hydrogen (secondary N) is 1. The minimum absolute atomic E-state index is 0.187. The van der Waals surface area contributed by atoms with Crippen LogP contribution in [0.4, 0.5) is 5.82 Å². The van der Waals surface area contributed by atoms with Crippen molar-refractivity contribution in [2.24, 2.45) is 0 Å². The van der Waals surface area contributed by atoms with Crippen molar-refractivity contribution in [3.8, 4) is 0 Å². The first kappa shape index (κ1) is 19.1. The maximum absolute atomic E-state index is 12.0. The maximum atomic E-state index is 12.0. The fraction of sp³-hybridized carbons (Fsp3) is 0.667. The lowest BCUT2D eigenvalue weighted by Crippen LogP contribution is -2.28. The number of hydrogen-bond donors (Lipinski definition) is 1. The number of ether oxygens (including phenoxy) is 2. The summed E-state index contributed by atoms with van der Waals surface area (Å²) in [6.45, 7) is 2.32. The van der Waals surface area contributed by atoms with Gasteiger partial charge >= 0.3 is 11.7 Å². The number of unbranched alkanes of at least 4 members (excludes halogenated alkanes) is 2. The van der Waals surface area contributed by atoms with Gasteiger partial charge in [-0.15, -0.1) is 0 Å². The Hall–Kier alpha value is -1.20. The average Bonchev–Trinajstić information content (AvgIpc) is 3.02. The number of aromatic nitrogens is 2. The molecular formula is C15H22IN3O5. The van der Waals surface area contributed by atoms with E-state index in [9.17, 15) is 9.59 Å². The summed E-state index contributed by atoms with van der Waals surface area (Å²) in [6, 6.07) is 1.63. The number of hydrogen-bond acceptors (Lipinski definition) is 7. The van der Waals surface area contributed by atoms with Crippen molar-refractivity contribution in [1.82, 2.24) is 9.55 Å². The van der Waals surface area contributed by atoms with E-state index >= 15 is 0 Å². The summed E-state index contributed by atoms with van der Waals surface area (Å²) in [5, 5.41) is 0. The highest BCUT2D eigenvalue weighted by Crippen LogP contribution is 2.27. The first-order chi connectivity index (χ1) is 11.6. The van der Waals surface area contributed by atoms with E-state index in [0.29, 0.717) is 18.7 Å². The van der Waals surface area contributed by atoms with Gasteiger partial charge in [-0.25, -0.2) is 13.4 Å². The molecule has 1 N–H and O–H groups in total. The Bertz CT molecular complexity index is 595. The highest BCUT2D eigenvalue weighted by atomic mass is 127. The van der Waals surface area contributed by atoms with Crippen LogP contribution in [0.25, 0.3) is 0 Å². The van der Waals surface area contributed by atoms with Gasteiger partial charge < -0.3 is 9.47 Å². The van der Waals surface area contributed by atoms with E-state index in [-0.39, 0.29) is 24.9 Å². The first-order valence-corrected chi connectivity index (χ1v) is 8.96. The molecule has 2 heterocycles. The second-order valence-electron chi connectivity index (χ2n) is 5.61. The molecule has 8 nitrogen and oxygen atoms in total. The van der Waals surface area contributed by atoms with Crippen molar-refractivity contribution in [1.29, 1.82) is 0 Å². The van der Waals surface area contributed by atoms with Crippen molar-refractivity contribution in [2.45, 2.75) is 57.8 Å². The van der Waals surface area contributed by atoms with E-state index < -0.39 is 5.69 Å². The third-order valence-electron chi connectivity index (χ3n) is 3.78. The molecule has 1 aliphatic heterocycles. The van der Waals surface area contributed by atoms with Gasteiger partial charge in [0.15, 0.2) is 5.82 Å². The molecule has 9 heteroatoms. The van der Waals surface area contributed by atoms with Gasteiger partial charge in [-0.3, -0.25) is 9.36 Å². The van der Waals surface area contributed by atoms with Gasteiger partial charge in [0.25, 0.3) is 0 Å². The zero-order valence-electron chi connectivity index (χ0n) is 13.6. The Labute approximate surface area is 154 Å². The lowest BCUT2D eigenvalue weighted by molar-refractivity contribution is -0.148. The maximum Gasteiger partial charge on any atom is 0.351 e. The molecule has 0 saturated carbocycles. The molecule has 1 fully saturated rings. The normalized spacial score (nSPS) is 20.1. The van der Waals surface area contributed by atoms with Crippen molar-refractivity contribution in [2.75, 3.05) is 12.1 Å². The van der Waals surface area contributed by atoms with Crippen LogP contribution < -0.4 is 11.2 Å². The topological polar surface area (TPSA) is 91.7 Å². The van der Waals surface area contributed by atoms with E-state index in [1.165, 1.54) is 4.57 Å². The lowest BCUT2D eigenvalue weighted by atomic mass is 10.2. The lowest BCUT2D eigenvalue weighted by Gasteiger charge is -2.16. The van der Waals surface area contributed by atoms with E-state index in [2.05, 4.69) is 20.6 Å². The number of carbonyl (C=O) groups excluding carboxylic acids is 1. The first-order valence-electron chi connectivity index (χ1n) is 8.08. The minimum atomic E-state index is -0.421. The SMILES string of the molecule is CCCCCC(=O)OCC1CCC(n2ccc(NOI)nc2=O)O1. The van der Waals surface area contributed by atoms with E-state index in [4.69, 9.17) is 9.47 Å². The number of nitrogens with zero attached hydrogens (tertiary/aromatic N) is 2. The second-order valence-corrected chi connectivity index (χ2v) is 6.05.